The zero-order chi connectivity index (χ0) is 12.9. The number of fused-ring (bicyclic) bond motifs is 1. The van der Waals surface area contributed by atoms with Gasteiger partial charge >= 0.3 is 0 Å². The first-order valence-corrected chi connectivity index (χ1v) is 5.68. The van der Waals surface area contributed by atoms with E-state index in [9.17, 15) is 14.4 Å². The summed E-state index contributed by atoms with van der Waals surface area (Å²) in [5.74, 6) is -0.624. The predicted octanol–water partition coefficient (Wildman–Crippen LogP) is 1.70. The van der Waals surface area contributed by atoms with Crippen LogP contribution in [0.5, 0.6) is 0 Å². The monoisotopic (exact) mass is 242 g/mol. The van der Waals surface area contributed by atoms with Gasteiger partial charge in [0.2, 0.25) is 5.78 Å². The fraction of sp³-hybridized carbons (Fsp3) is 0.214. The summed E-state index contributed by atoms with van der Waals surface area (Å²) >= 11 is 0. The average molecular weight is 242 g/mol. The minimum absolute atomic E-state index is 0.0545. The second-order valence-corrected chi connectivity index (χ2v) is 4.43. The summed E-state index contributed by atoms with van der Waals surface area (Å²) < 4.78 is 5.33. The summed E-state index contributed by atoms with van der Waals surface area (Å²) in [5.41, 5.74) is 1.08. The maximum atomic E-state index is 12.2. The van der Waals surface area contributed by atoms with Gasteiger partial charge in [-0.25, -0.2) is 0 Å². The molecular weight excluding hydrogens is 232 g/mol. The normalized spacial score (nSPS) is 21.5. The maximum Gasteiger partial charge on any atom is 0.228 e. The zero-order valence-corrected chi connectivity index (χ0v) is 9.73. The van der Waals surface area contributed by atoms with Gasteiger partial charge in [0.05, 0.1) is 5.57 Å². The van der Waals surface area contributed by atoms with Gasteiger partial charge < -0.3 is 4.74 Å². The Morgan fingerprint density at radius 3 is 2.39 bits per heavy atom. The minimum atomic E-state index is -0.697. The number of hydrogen-bond donors (Lipinski definition) is 0. The number of benzene rings is 1. The smallest absolute Gasteiger partial charge is 0.228 e. The zero-order valence-electron chi connectivity index (χ0n) is 9.73. The van der Waals surface area contributed by atoms with E-state index in [-0.39, 0.29) is 29.5 Å². The molecule has 0 amide bonds. The highest BCUT2D eigenvalue weighted by Gasteiger charge is 2.41. The van der Waals surface area contributed by atoms with E-state index >= 15 is 0 Å². The predicted molar refractivity (Wildman–Crippen MR) is 62.3 cm³/mol. The van der Waals surface area contributed by atoms with Gasteiger partial charge in [-0.15, -0.1) is 0 Å². The van der Waals surface area contributed by atoms with Gasteiger partial charge in [0.25, 0.3) is 0 Å². The first-order valence-electron chi connectivity index (χ1n) is 5.68. The van der Waals surface area contributed by atoms with Crippen LogP contribution in [0.4, 0.5) is 0 Å². The number of Topliss-reactive ketones (excluding diaryl/α,β-unsaturated/α-hetero) is 3. The Bertz CT molecular complexity index is 577. The molecule has 4 heteroatoms. The second kappa shape index (κ2) is 3.63. The average Bonchev–Trinajstić information content (AvgIpc) is 2.81. The molecule has 18 heavy (non-hydrogen) atoms. The highest BCUT2D eigenvalue weighted by atomic mass is 16.5. The molecule has 0 aromatic heterocycles. The molecule has 1 aliphatic heterocycles. The van der Waals surface area contributed by atoms with E-state index in [0.717, 1.165) is 0 Å². The summed E-state index contributed by atoms with van der Waals surface area (Å²) in [6, 6.07) is 6.64. The van der Waals surface area contributed by atoms with Crippen LogP contribution >= 0.6 is 0 Å². The topological polar surface area (TPSA) is 60.4 Å². The van der Waals surface area contributed by atoms with Crippen molar-refractivity contribution in [3.8, 4) is 0 Å². The maximum absolute atomic E-state index is 12.2. The molecule has 1 aromatic rings. The van der Waals surface area contributed by atoms with Gasteiger partial charge in [-0.1, -0.05) is 24.3 Å². The number of carbonyl (C=O) groups excluding carboxylic acids is 3. The van der Waals surface area contributed by atoms with Gasteiger partial charge in [-0.2, -0.15) is 0 Å². The molecule has 90 valence electrons. The van der Waals surface area contributed by atoms with Crippen LogP contribution in [0, 0.1) is 0 Å². The Kier molecular flexibility index (Phi) is 2.20. The molecular formula is C14H10O4. The van der Waals surface area contributed by atoms with Crippen molar-refractivity contribution in [1.82, 2.24) is 0 Å². The highest BCUT2D eigenvalue weighted by molar-refractivity contribution is 6.26. The Morgan fingerprint density at radius 1 is 1.17 bits per heavy atom. The summed E-state index contributed by atoms with van der Waals surface area (Å²) in [7, 11) is 0. The molecule has 0 spiro atoms. The van der Waals surface area contributed by atoms with Crippen molar-refractivity contribution in [3.63, 3.8) is 0 Å². The standard InChI is InChI=1S/C14H10O4/c1-7(15)11-6-10-12(16)8-4-2-3-5-9(8)13(17)14(10)18-11/h2-5,11H,6H2,1H3/t11-/m0/s1. The van der Waals surface area contributed by atoms with Crippen LogP contribution in [-0.2, 0) is 9.53 Å². The number of allylic oxidation sites excluding steroid dienone is 1. The summed E-state index contributed by atoms with van der Waals surface area (Å²) in [6.45, 7) is 1.39. The lowest BCUT2D eigenvalue weighted by molar-refractivity contribution is -0.124. The summed E-state index contributed by atoms with van der Waals surface area (Å²) in [5, 5.41) is 0. The molecule has 0 saturated carbocycles. The Morgan fingerprint density at radius 2 is 1.78 bits per heavy atom. The Balaban J connectivity index is 2.09. The SMILES string of the molecule is CC(=O)[C@@H]1CC2=C(O1)C(=O)c1ccccc1C2=O. The van der Waals surface area contributed by atoms with Crippen molar-refractivity contribution in [2.75, 3.05) is 0 Å². The van der Waals surface area contributed by atoms with E-state index in [1.54, 1.807) is 24.3 Å². The van der Waals surface area contributed by atoms with Crippen molar-refractivity contribution in [2.24, 2.45) is 0 Å². The molecule has 1 atom stereocenters. The van der Waals surface area contributed by atoms with Gasteiger partial charge in [-0.05, 0) is 6.92 Å². The Labute approximate surface area is 103 Å². The van der Waals surface area contributed by atoms with Crippen molar-refractivity contribution >= 4 is 17.3 Å². The van der Waals surface area contributed by atoms with Gasteiger partial charge in [0, 0.05) is 17.5 Å². The lowest BCUT2D eigenvalue weighted by Crippen LogP contribution is -2.20. The lowest BCUT2D eigenvalue weighted by atomic mass is 9.87. The highest BCUT2D eigenvalue weighted by Crippen LogP contribution is 2.35. The molecule has 0 bridgehead atoms. The molecule has 0 unspecified atom stereocenters. The first-order chi connectivity index (χ1) is 8.59. The third-order valence-electron chi connectivity index (χ3n) is 3.27. The van der Waals surface area contributed by atoms with Crippen LogP contribution in [-0.4, -0.2) is 23.5 Å². The Hall–Kier alpha value is -2.23. The van der Waals surface area contributed by atoms with Crippen LogP contribution in [0.3, 0.4) is 0 Å². The minimum Gasteiger partial charge on any atom is -0.478 e. The van der Waals surface area contributed by atoms with Crippen molar-refractivity contribution in [3.05, 3.63) is 46.7 Å². The molecule has 1 aromatic carbocycles. The molecule has 0 radical (unpaired) electrons. The van der Waals surface area contributed by atoms with Gasteiger partial charge in [-0.3, -0.25) is 14.4 Å². The number of ether oxygens (including phenoxy) is 1. The third kappa shape index (κ3) is 1.35. The van der Waals surface area contributed by atoms with E-state index in [4.69, 9.17) is 4.74 Å². The molecule has 4 nitrogen and oxygen atoms in total. The fourth-order valence-corrected chi connectivity index (χ4v) is 2.31. The van der Waals surface area contributed by atoms with Gasteiger partial charge in [0.1, 0.15) is 0 Å². The number of rotatable bonds is 1. The van der Waals surface area contributed by atoms with E-state index in [1.807, 2.05) is 0 Å². The first kappa shape index (κ1) is 10.9. The van der Waals surface area contributed by atoms with Crippen LogP contribution in [0.15, 0.2) is 35.6 Å². The number of carbonyl (C=O) groups is 3. The number of hydrogen-bond acceptors (Lipinski definition) is 4. The van der Waals surface area contributed by atoms with E-state index in [2.05, 4.69) is 0 Å². The molecule has 0 N–H and O–H groups in total. The molecule has 0 saturated heterocycles. The lowest BCUT2D eigenvalue weighted by Gasteiger charge is -2.14. The van der Waals surface area contributed by atoms with Crippen LogP contribution in [0.1, 0.15) is 34.1 Å². The van der Waals surface area contributed by atoms with E-state index in [0.29, 0.717) is 16.7 Å². The van der Waals surface area contributed by atoms with E-state index < -0.39 is 6.10 Å². The molecule has 1 heterocycles. The summed E-state index contributed by atoms with van der Waals surface area (Å²) in [4.78, 5) is 35.7. The van der Waals surface area contributed by atoms with Crippen LogP contribution in [0.2, 0.25) is 0 Å². The molecule has 0 fully saturated rings. The van der Waals surface area contributed by atoms with Gasteiger partial charge in [0.15, 0.2) is 23.4 Å². The number of ketones is 3. The van der Waals surface area contributed by atoms with Crippen molar-refractivity contribution in [2.45, 2.75) is 19.4 Å². The quantitative estimate of drug-likeness (QED) is 0.752. The van der Waals surface area contributed by atoms with Crippen molar-refractivity contribution in [1.29, 1.82) is 0 Å². The van der Waals surface area contributed by atoms with E-state index in [1.165, 1.54) is 6.92 Å². The van der Waals surface area contributed by atoms with Crippen molar-refractivity contribution < 1.29 is 19.1 Å². The molecule has 3 rings (SSSR count). The van der Waals surface area contributed by atoms with Crippen LogP contribution in [0.25, 0.3) is 0 Å². The molecule has 2 aliphatic rings. The second-order valence-electron chi connectivity index (χ2n) is 4.43. The molecule has 1 aliphatic carbocycles. The largest absolute Gasteiger partial charge is 0.478 e. The fourth-order valence-electron chi connectivity index (χ4n) is 2.31. The third-order valence-corrected chi connectivity index (χ3v) is 3.27. The van der Waals surface area contributed by atoms with Crippen LogP contribution < -0.4 is 0 Å². The summed E-state index contributed by atoms with van der Waals surface area (Å²) in [6.07, 6.45) is -0.499.